The molecule has 0 saturated carbocycles. The molecule has 0 aliphatic heterocycles. The van der Waals surface area contributed by atoms with Crippen molar-refractivity contribution in [3.63, 3.8) is 0 Å². The molecule has 0 aliphatic carbocycles. The number of aryl methyl sites for hydroxylation is 1. The Labute approximate surface area is 70.9 Å². The van der Waals surface area contributed by atoms with Crippen LogP contribution in [0.4, 0.5) is 4.39 Å². The van der Waals surface area contributed by atoms with Crippen LogP contribution in [0.3, 0.4) is 0 Å². The van der Waals surface area contributed by atoms with Crippen LogP contribution in [0.2, 0.25) is 0 Å². The van der Waals surface area contributed by atoms with Gasteiger partial charge in [0.05, 0.1) is 0 Å². The standard InChI is InChI=1S/C7H7F.O3S/c1-6-2-4-7(8)5-3-6;1-4(2)3/h2-5H,1H3;. The minimum absolute atomic E-state index is 0.171. The molecule has 0 bridgehead atoms. The SMILES string of the molecule is Cc1ccc(F)cc1.O=S(=O)=O. The average Bonchev–Trinajstić information content (AvgIpc) is 1.94. The van der Waals surface area contributed by atoms with E-state index in [2.05, 4.69) is 0 Å². The smallest absolute Gasteiger partial charge is 0.207 e. The molecule has 0 fully saturated rings. The summed E-state index contributed by atoms with van der Waals surface area (Å²) in [6, 6.07) is 6.40. The first-order chi connectivity index (χ1) is 5.52. The molecule has 12 heavy (non-hydrogen) atoms. The molecule has 0 saturated heterocycles. The highest BCUT2D eigenvalue weighted by Crippen LogP contribution is 1.98. The van der Waals surface area contributed by atoms with Crippen molar-refractivity contribution in [1.82, 2.24) is 0 Å². The fraction of sp³-hybridized carbons (Fsp3) is 0.143. The summed E-state index contributed by atoms with van der Waals surface area (Å²) >= 11 is 0. The van der Waals surface area contributed by atoms with Crippen molar-refractivity contribution in [3.05, 3.63) is 35.6 Å². The van der Waals surface area contributed by atoms with E-state index in [4.69, 9.17) is 12.6 Å². The summed E-state index contributed by atoms with van der Waals surface area (Å²) in [5, 5.41) is 0. The van der Waals surface area contributed by atoms with E-state index >= 15 is 0 Å². The van der Waals surface area contributed by atoms with Crippen molar-refractivity contribution in [1.29, 1.82) is 0 Å². The molecule has 5 heteroatoms. The molecule has 0 amide bonds. The molecule has 0 aromatic heterocycles. The number of rotatable bonds is 0. The Morgan fingerprint density at radius 1 is 1.08 bits per heavy atom. The van der Waals surface area contributed by atoms with Gasteiger partial charge in [0.25, 0.3) is 0 Å². The van der Waals surface area contributed by atoms with Gasteiger partial charge in [-0.3, -0.25) is 0 Å². The maximum atomic E-state index is 12.1. The van der Waals surface area contributed by atoms with Crippen LogP contribution >= 0.6 is 0 Å². The second-order valence-electron chi connectivity index (χ2n) is 2.00. The Hall–Kier alpha value is -1.23. The van der Waals surface area contributed by atoms with E-state index in [1.165, 1.54) is 12.1 Å². The number of benzene rings is 1. The van der Waals surface area contributed by atoms with Crippen LogP contribution in [0.1, 0.15) is 5.56 Å². The highest BCUT2D eigenvalue weighted by Gasteiger charge is 1.83. The van der Waals surface area contributed by atoms with Crippen LogP contribution in [0.5, 0.6) is 0 Å². The van der Waals surface area contributed by atoms with E-state index in [1.54, 1.807) is 12.1 Å². The molecule has 1 rings (SSSR count). The topological polar surface area (TPSA) is 51.2 Å². The maximum Gasteiger partial charge on any atom is 0.425 e. The third-order valence-electron chi connectivity index (χ3n) is 1.01. The Balaban J connectivity index is 0.000000261. The molecule has 0 N–H and O–H groups in total. The summed E-state index contributed by atoms with van der Waals surface area (Å²) in [6.07, 6.45) is 0. The zero-order chi connectivity index (χ0) is 9.56. The first-order valence-corrected chi connectivity index (χ1v) is 4.01. The van der Waals surface area contributed by atoms with Crippen LogP contribution < -0.4 is 0 Å². The van der Waals surface area contributed by atoms with Gasteiger partial charge in [0.1, 0.15) is 5.82 Å². The van der Waals surface area contributed by atoms with Gasteiger partial charge in [-0.05, 0) is 19.1 Å². The average molecular weight is 190 g/mol. The van der Waals surface area contributed by atoms with Gasteiger partial charge in [0.2, 0.25) is 0 Å². The third-order valence-corrected chi connectivity index (χ3v) is 1.01. The molecule has 0 spiro atoms. The predicted octanol–water partition coefficient (Wildman–Crippen LogP) is 1.13. The van der Waals surface area contributed by atoms with Crippen molar-refractivity contribution >= 4 is 10.6 Å². The summed E-state index contributed by atoms with van der Waals surface area (Å²) in [7, 11) is -3.11. The lowest BCUT2D eigenvalue weighted by Gasteiger charge is -1.87. The van der Waals surface area contributed by atoms with Crippen molar-refractivity contribution in [2.24, 2.45) is 0 Å². The van der Waals surface area contributed by atoms with E-state index in [9.17, 15) is 4.39 Å². The van der Waals surface area contributed by atoms with E-state index in [0.29, 0.717) is 0 Å². The van der Waals surface area contributed by atoms with Gasteiger partial charge in [-0.1, -0.05) is 17.7 Å². The van der Waals surface area contributed by atoms with E-state index in [-0.39, 0.29) is 5.82 Å². The third kappa shape index (κ3) is 6.88. The predicted molar refractivity (Wildman–Crippen MR) is 40.8 cm³/mol. The van der Waals surface area contributed by atoms with Gasteiger partial charge in [-0.15, -0.1) is 12.6 Å². The van der Waals surface area contributed by atoms with Gasteiger partial charge in [0, 0.05) is 0 Å². The number of hydrogen-bond acceptors (Lipinski definition) is 3. The fourth-order valence-corrected chi connectivity index (χ4v) is 0.533. The highest BCUT2D eigenvalue weighted by molar-refractivity contribution is 7.59. The van der Waals surface area contributed by atoms with Gasteiger partial charge >= 0.3 is 10.6 Å². The Kier molecular flexibility index (Phi) is 4.87. The minimum atomic E-state index is -3.11. The first-order valence-electron chi connectivity index (χ1n) is 3.01. The molecular weight excluding hydrogens is 183 g/mol. The molecule has 0 heterocycles. The normalized spacial score (nSPS) is 8.17. The summed E-state index contributed by atoms with van der Waals surface area (Å²) in [6.45, 7) is 1.93. The highest BCUT2D eigenvalue weighted by atomic mass is 32.2. The van der Waals surface area contributed by atoms with Crippen molar-refractivity contribution in [3.8, 4) is 0 Å². The minimum Gasteiger partial charge on any atom is -0.207 e. The van der Waals surface area contributed by atoms with Crippen LogP contribution in [0.25, 0.3) is 0 Å². The number of halogens is 1. The van der Waals surface area contributed by atoms with E-state index in [0.717, 1.165) is 5.56 Å². The monoisotopic (exact) mass is 190 g/mol. The van der Waals surface area contributed by atoms with Crippen LogP contribution in [-0.4, -0.2) is 12.6 Å². The Morgan fingerprint density at radius 2 is 1.42 bits per heavy atom. The second kappa shape index (κ2) is 5.42. The zero-order valence-electron chi connectivity index (χ0n) is 6.32. The summed E-state index contributed by atoms with van der Waals surface area (Å²) in [4.78, 5) is 0. The van der Waals surface area contributed by atoms with Crippen molar-refractivity contribution in [2.45, 2.75) is 6.92 Å². The van der Waals surface area contributed by atoms with Crippen molar-refractivity contribution < 1.29 is 17.0 Å². The number of hydrogen-bond donors (Lipinski definition) is 0. The molecule has 66 valence electrons. The molecule has 0 radical (unpaired) electrons. The second-order valence-corrected chi connectivity index (χ2v) is 2.41. The van der Waals surface area contributed by atoms with E-state index < -0.39 is 10.6 Å². The fourth-order valence-electron chi connectivity index (χ4n) is 0.533. The summed E-state index contributed by atoms with van der Waals surface area (Å²) in [5.74, 6) is -0.171. The van der Waals surface area contributed by atoms with Crippen LogP contribution in [0, 0.1) is 12.7 Å². The maximum absolute atomic E-state index is 12.1. The lowest BCUT2D eigenvalue weighted by atomic mass is 10.2. The summed E-state index contributed by atoms with van der Waals surface area (Å²) in [5.41, 5.74) is 1.09. The molecule has 0 unspecified atom stereocenters. The lowest BCUT2D eigenvalue weighted by Crippen LogP contribution is -1.71. The van der Waals surface area contributed by atoms with E-state index in [1.807, 2.05) is 6.92 Å². The van der Waals surface area contributed by atoms with Gasteiger partial charge in [-0.2, -0.15) is 0 Å². The molecular formula is C7H7FO3S. The molecule has 0 aliphatic rings. The molecule has 3 nitrogen and oxygen atoms in total. The van der Waals surface area contributed by atoms with Gasteiger partial charge < -0.3 is 0 Å². The summed E-state index contributed by atoms with van der Waals surface area (Å²) < 4.78 is 37.4. The quantitative estimate of drug-likeness (QED) is 0.616. The molecule has 1 aromatic rings. The largest absolute Gasteiger partial charge is 0.425 e. The van der Waals surface area contributed by atoms with Crippen molar-refractivity contribution in [2.75, 3.05) is 0 Å². The molecule has 0 atom stereocenters. The van der Waals surface area contributed by atoms with Crippen LogP contribution in [-0.2, 0) is 10.6 Å². The van der Waals surface area contributed by atoms with Crippen LogP contribution in [0.15, 0.2) is 24.3 Å². The lowest BCUT2D eigenvalue weighted by molar-refractivity contribution is 0.559. The zero-order valence-corrected chi connectivity index (χ0v) is 7.14. The molecule has 1 aromatic carbocycles. The first kappa shape index (κ1) is 10.8. The van der Waals surface area contributed by atoms with Gasteiger partial charge in [-0.25, -0.2) is 4.39 Å². The van der Waals surface area contributed by atoms with Gasteiger partial charge in [0.15, 0.2) is 0 Å². The Morgan fingerprint density at radius 3 is 1.67 bits per heavy atom. The Bertz CT molecular complexity index is 299.